The van der Waals surface area contributed by atoms with Gasteiger partial charge in [0.15, 0.2) is 0 Å². The zero-order valence-corrected chi connectivity index (χ0v) is 12.0. The van der Waals surface area contributed by atoms with Gasteiger partial charge >= 0.3 is 0 Å². The van der Waals surface area contributed by atoms with E-state index in [2.05, 4.69) is 11.4 Å². The second-order valence-corrected chi connectivity index (χ2v) is 4.63. The van der Waals surface area contributed by atoms with Gasteiger partial charge in [0.1, 0.15) is 5.75 Å². The number of nitrogens with one attached hydrogen (secondary N) is 1. The number of likely N-dealkylation sites (N-methyl/N-ethyl adjacent to an activating group) is 1. The van der Waals surface area contributed by atoms with E-state index in [1.165, 1.54) is 0 Å². The van der Waals surface area contributed by atoms with Gasteiger partial charge < -0.3 is 15.8 Å². The van der Waals surface area contributed by atoms with Crippen LogP contribution in [0.25, 0.3) is 0 Å². The van der Waals surface area contributed by atoms with Gasteiger partial charge in [0.25, 0.3) is 0 Å². The zero-order valence-electron chi connectivity index (χ0n) is 12.0. The monoisotopic (exact) mass is 276 g/mol. The average molecular weight is 276 g/mol. The topological polar surface area (TPSA) is 91.4 Å². The van der Waals surface area contributed by atoms with E-state index in [9.17, 15) is 4.79 Å². The first kappa shape index (κ1) is 15.8. The fraction of sp³-hybridized carbons (Fsp3) is 0.429. The maximum atomic E-state index is 11.9. The smallest absolute Gasteiger partial charge is 0.238 e. The van der Waals surface area contributed by atoms with Gasteiger partial charge in [-0.2, -0.15) is 5.26 Å². The number of carbonyl (C=O) groups is 1. The van der Waals surface area contributed by atoms with Crippen LogP contribution >= 0.6 is 0 Å². The summed E-state index contributed by atoms with van der Waals surface area (Å²) in [4.78, 5) is 13.7. The quantitative estimate of drug-likeness (QED) is 0.767. The van der Waals surface area contributed by atoms with Crippen LogP contribution in [0.2, 0.25) is 0 Å². The number of amides is 1. The Morgan fingerprint density at radius 3 is 2.85 bits per heavy atom. The summed E-state index contributed by atoms with van der Waals surface area (Å²) in [6, 6.07) is 7.19. The first-order valence-corrected chi connectivity index (χ1v) is 6.28. The summed E-state index contributed by atoms with van der Waals surface area (Å²) in [6.07, 6.45) is 0.383. The predicted molar refractivity (Wildman–Crippen MR) is 78.4 cm³/mol. The molecule has 108 valence electrons. The highest BCUT2D eigenvalue weighted by molar-refractivity contribution is 5.95. The Bertz CT molecular complexity index is 510. The Labute approximate surface area is 119 Å². The van der Waals surface area contributed by atoms with Gasteiger partial charge in [-0.1, -0.05) is 0 Å². The molecule has 0 radical (unpaired) electrons. The molecule has 1 amide bonds. The maximum Gasteiger partial charge on any atom is 0.238 e. The van der Waals surface area contributed by atoms with Gasteiger partial charge in [-0.05, 0) is 26.1 Å². The van der Waals surface area contributed by atoms with Gasteiger partial charge in [-0.3, -0.25) is 9.69 Å². The van der Waals surface area contributed by atoms with E-state index >= 15 is 0 Å². The molecule has 1 rings (SSSR count). The first-order chi connectivity index (χ1) is 9.47. The molecule has 1 aromatic rings. The summed E-state index contributed by atoms with van der Waals surface area (Å²) >= 11 is 0. The summed E-state index contributed by atoms with van der Waals surface area (Å²) in [7, 11) is 3.36. The number of carbonyl (C=O) groups excluding carboxylic acids is 1. The number of nitrogen functional groups attached to an aromatic ring is 1. The van der Waals surface area contributed by atoms with Gasteiger partial charge in [-0.15, -0.1) is 0 Å². The van der Waals surface area contributed by atoms with Crippen molar-refractivity contribution in [1.82, 2.24) is 4.90 Å². The van der Waals surface area contributed by atoms with E-state index in [1.807, 2.05) is 11.8 Å². The number of anilines is 2. The molecule has 0 aliphatic heterocycles. The zero-order chi connectivity index (χ0) is 15.1. The fourth-order valence-corrected chi connectivity index (χ4v) is 1.64. The highest BCUT2D eigenvalue weighted by atomic mass is 16.5. The Morgan fingerprint density at radius 2 is 2.30 bits per heavy atom. The van der Waals surface area contributed by atoms with E-state index in [0.717, 1.165) is 0 Å². The molecule has 1 unspecified atom stereocenters. The Hall–Kier alpha value is -2.26. The summed E-state index contributed by atoms with van der Waals surface area (Å²) in [5.41, 5.74) is 6.83. The molecule has 3 N–H and O–H groups in total. The molecular weight excluding hydrogens is 256 g/mol. The largest absolute Gasteiger partial charge is 0.497 e. The van der Waals surface area contributed by atoms with Crippen LogP contribution in [0.1, 0.15) is 13.3 Å². The lowest BCUT2D eigenvalue weighted by Gasteiger charge is -2.22. The van der Waals surface area contributed by atoms with Gasteiger partial charge in [0.05, 0.1) is 37.5 Å². The van der Waals surface area contributed by atoms with E-state index in [1.54, 1.807) is 32.4 Å². The highest BCUT2D eigenvalue weighted by Gasteiger charge is 2.13. The van der Waals surface area contributed by atoms with Crippen molar-refractivity contribution < 1.29 is 9.53 Å². The molecule has 0 heterocycles. The molecule has 0 spiro atoms. The molecule has 6 heteroatoms. The number of benzene rings is 1. The van der Waals surface area contributed by atoms with Crippen LogP contribution in [-0.4, -0.2) is 37.6 Å². The molecule has 0 aliphatic carbocycles. The second kappa shape index (κ2) is 7.36. The first-order valence-electron chi connectivity index (χ1n) is 6.28. The third-order valence-electron chi connectivity index (χ3n) is 3.06. The molecule has 0 aliphatic rings. The van der Waals surface area contributed by atoms with Gasteiger partial charge in [0, 0.05) is 12.1 Å². The van der Waals surface area contributed by atoms with Crippen molar-refractivity contribution in [3.63, 3.8) is 0 Å². The fourth-order valence-electron chi connectivity index (χ4n) is 1.64. The number of hydrogen-bond acceptors (Lipinski definition) is 5. The number of ether oxygens (including phenoxy) is 1. The highest BCUT2D eigenvalue weighted by Crippen LogP contribution is 2.23. The molecule has 0 saturated heterocycles. The normalized spacial score (nSPS) is 11.8. The van der Waals surface area contributed by atoms with E-state index in [-0.39, 0.29) is 18.5 Å². The van der Waals surface area contributed by atoms with Gasteiger partial charge in [-0.25, -0.2) is 0 Å². The molecular formula is C14H20N4O2. The lowest BCUT2D eigenvalue weighted by Crippen LogP contribution is -2.36. The molecule has 6 nitrogen and oxygen atoms in total. The lowest BCUT2D eigenvalue weighted by molar-refractivity contribution is -0.117. The van der Waals surface area contributed by atoms with Crippen molar-refractivity contribution >= 4 is 17.3 Å². The second-order valence-electron chi connectivity index (χ2n) is 4.63. The van der Waals surface area contributed by atoms with Gasteiger partial charge in [0.2, 0.25) is 5.91 Å². The number of rotatable bonds is 6. The standard InChI is InChI=1S/C14H20N4O2/c1-10(6-7-15)18(2)9-14(19)17-13-5-4-11(20-3)8-12(13)16/h4-5,8,10H,6,9,16H2,1-3H3,(H,17,19). The SMILES string of the molecule is COc1ccc(NC(=O)CN(C)C(C)CC#N)c(N)c1. The van der Waals surface area contributed by atoms with Crippen LogP contribution < -0.4 is 15.8 Å². The third kappa shape index (κ3) is 4.44. The minimum atomic E-state index is -0.172. The number of methoxy groups -OCH3 is 1. The molecule has 1 aromatic carbocycles. The molecule has 1 atom stereocenters. The van der Waals surface area contributed by atoms with Crippen molar-refractivity contribution in [2.24, 2.45) is 0 Å². The van der Waals surface area contributed by atoms with Crippen molar-refractivity contribution in [1.29, 1.82) is 5.26 Å². The van der Waals surface area contributed by atoms with Crippen molar-refractivity contribution in [2.75, 3.05) is 31.8 Å². The Balaban J connectivity index is 2.61. The molecule has 0 fully saturated rings. The maximum absolute atomic E-state index is 11.9. The number of hydrogen-bond donors (Lipinski definition) is 2. The molecule has 0 bridgehead atoms. The number of nitrogens with zero attached hydrogens (tertiary/aromatic N) is 2. The lowest BCUT2D eigenvalue weighted by atomic mass is 10.2. The Kier molecular flexibility index (Phi) is 5.81. The molecule has 0 saturated carbocycles. The van der Waals surface area contributed by atoms with Crippen LogP contribution in [-0.2, 0) is 4.79 Å². The van der Waals surface area contributed by atoms with Crippen molar-refractivity contribution in [2.45, 2.75) is 19.4 Å². The minimum absolute atomic E-state index is 0.0268. The van der Waals surface area contributed by atoms with Crippen molar-refractivity contribution in [3.05, 3.63) is 18.2 Å². The van der Waals surface area contributed by atoms with Crippen LogP contribution in [0.4, 0.5) is 11.4 Å². The summed E-state index contributed by atoms with van der Waals surface area (Å²) < 4.78 is 5.05. The van der Waals surface area contributed by atoms with E-state index < -0.39 is 0 Å². The Morgan fingerprint density at radius 1 is 1.60 bits per heavy atom. The predicted octanol–water partition coefficient (Wildman–Crippen LogP) is 1.45. The molecule has 0 aromatic heterocycles. The number of nitrogens with two attached hydrogens (primary N) is 1. The average Bonchev–Trinajstić information content (AvgIpc) is 2.41. The summed E-state index contributed by atoms with van der Waals surface area (Å²) in [5.74, 6) is 0.467. The van der Waals surface area contributed by atoms with Crippen LogP contribution in [0.3, 0.4) is 0 Å². The van der Waals surface area contributed by atoms with Crippen molar-refractivity contribution in [3.8, 4) is 11.8 Å². The number of nitriles is 1. The van der Waals surface area contributed by atoms with Crippen LogP contribution in [0.15, 0.2) is 18.2 Å². The summed E-state index contributed by atoms with van der Waals surface area (Å²) in [5, 5.41) is 11.4. The molecule has 20 heavy (non-hydrogen) atoms. The van der Waals surface area contributed by atoms with E-state index in [0.29, 0.717) is 23.5 Å². The third-order valence-corrected chi connectivity index (χ3v) is 3.06. The van der Waals surface area contributed by atoms with Crippen LogP contribution in [0.5, 0.6) is 5.75 Å². The van der Waals surface area contributed by atoms with E-state index in [4.69, 9.17) is 15.7 Å². The summed E-state index contributed by atoms with van der Waals surface area (Å²) in [6.45, 7) is 2.10. The minimum Gasteiger partial charge on any atom is -0.497 e. The van der Waals surface area contributed by atoms with Crippen LogP contribution in [0, 0.1) is 11.3 Å².